The average Bonchev–Trinajstić information content (AvgIpc) is 3.66. The summed E-state index contributed by atoms with van der Waals surface area (Å²) in [7, 11) is 7.95. The first-order chi connectivity index (χ1) is 15.5. The Morgan fingerprint density at radius 3 is 2.09 bits per heavy atom. The smallest absolute Gasteiger partial charge is 0.225 e. The van der Waals surface area contributed by atoms with E-state index >= 15 is 0 Å². The quantitative estimate of drug-likeness (QED) is 0.534. The molecule has 0 bridgehead atoms. The standard InChI is InChI=1S/C24H32N2O6/c1-28-19-8-9-20(29-2)16(12-19)15-26(18-6-7-18)11-10-23(27)25-17-13-21(30-3)24(32-5)22(14-17)31-4/h8-9,12-14,18H,6-7,10-11,15H2,1-5H3,(H,25,27). The van der Waals surface area contributed by atoms with E-state index in [0.717, 1.165) is 29.9 Å². The number of anilines is 1. The Kier molecular flexibility index (Phi) is 8.05. The van der Waals surface area contributed by atoms with Crippen LogP contribution < -0.4 is 29.0 Å². The van der Waals surface area contributed by atoms with Crippen LogP contribution in [0.15, 0.2) is 30.3 Å². The van der Waals surface area contributed by atoms with Gasteiger partial charge in [-0.2, -0.15) is 0 Å². The number of rotatable bonds is 12. The van der Waals surface area contributed by atoms with Crippen LogP contribution in [0, 0.1) is 0 Å². The molecule has 1 amide bonds. The monoisotopic (exact) mass is 444 g/mol. The normalized spacial score (nSPS) is 12.9. The molecule has 1 aliphatic carbocycles. The third kappa shape index (κ3) is 5.76. The van der Waals surface area contributed by atoms with Gasteiger partial charge in [0.05, 0.1) is 35.5 Å². The SMILES string of the molecule is COc1ccc(OC)c(CN(CCC(=O)Nc2cc(OC)c(OC)c(OC)c2)C2CC2)c1. The van der Waals surface area contributed by atoms with E-state index < -0.39 is 0 Å². The highest BCUT2D eigenvalue weighted by Gasteiger charge is 2.30. The van der Waals surface area contributed by atoms with Gasteiger partial charge in [0.15, 0.2) is 11.5 Å². The van der Waals surface area contributed by atoms with E-state index in [1.54, 1.807) is 47.7 Å². The van der Waals surface area contributed by atoms with Crippen LogP contribution >= 0.6 is 0 Å². The van der Waals surface area contributed by atoms with E-state index in [1.165, 1.54) is 0 Å². The van der Waals surface area contributed by atoms with Crippen molar-refractivity contribution in [3.05, 3.63) is 35.9 Å². The van der Waals surface area contributed by atoms with Crippen LogP contribution in [0.3, 0.4) is 0 Å². The van der Waals surface area contributed by atoms with Crippen molar-refractivity contribution in [1.29, 1.82) is 0 Å². The molecule has 8 heteroatoms. The minimum Gasteiger partial charge on any atom is -0.497 e. The Bertz CT molecular complexity index is 904. The molecule has 0 radical (unpaired) electrons. The second kappa shape index (κ2) is 10.9. The molecule has 0 spiro atoms. The van der Waals surface area contributed by atoms with Crippen LogP contribution in [0.4, 0.5) is 5.69 Å². The van der Waals surface area contributed by atoms with Gasteiger partial charge in [-0.15, -0.1) is 0 Å². The summed E-state index contributed by atoms with van der Waals surface area (Å²) >= 11 is 0. The van der Waals surface area contributed by atoms with Gasteiger partial charge in [0, 0.05) is 48.9 Å². The molecular weight excluding hydrogens is 412 g/mol. The third-order valence-corrected chi connectivity index (χ3v) is 5.50. The van der Waals surface area contributed by atoms with Crippen LogP contribution in [0.25, 0.3) is 0 Å². The number of hydrogen-bond acceptors (Lipinski definition) is 7. The molecule has 1 N–H and O–H groups in total. The molecule has 174 valence electrons. The van der Waals surface area contributed by atoms with Gasteiger partial charge >= 0.3 is 0 Å². The molecule has 0 aliphatic heterocycles. The molecule has 3 rings (SSSR count). The second-order valence-electron chi connectivity index (χ2n) is 7.59. The van der Waals surface area contributed by atoms with Gasteiger partial charge in [-0.1, -0.05) is 0 Å². The van der Waals surface area contributed by atoms with Crippen molar-refractivity contribution in [1.82, 2.24) is 4.90 Å². The number of nitrogens with zero attached hydrogens (tertiary/aromatic N) is 1. The lowest BCUT2D eigenvalue weighted by Crippen LogP contribution is -2.29. The summed E-state index contributed by atoms with van der Waals surface area (Å²) in [6, 6.07) is 9.72. The lowest BCUT2D eigenvalue weighted by molar-refractivity contribution is -0.116. The van der Waals surface area contributed by atoms with Crippen LogP contribution in [0.1, 0.15) is 24.8 Å². The molecule has 0 heterocycles. The topological polar surface area (TPSA) is 78.5 Å². The van der Waals surface area contributed by atoms with Gasteiger partial charge in [0.1, 0.15) is 11.5 Å². The number of amides is 1. The molecule has 0 aromatic heterocycles. The summed E-state index contributed by atoms with van der Waals surface area (Å²) in [5.74, 6) is 3.00. The number of ether oxygens (including phenoxy) is 5. The number of nitrogens with one attached hydrogen (secondary N) is 1. The lowest BCUT2D eigenvalue weighted by Gasteiger charge is -2.23. The Balaban J connectivity index is 1.65. The fourth-order valence-electron chi connectivity index (χ4n) is 3.68. The predicted molar refractivity (Wildman–Crippen MR) is 122 cm³/mol. The molecule has 0 unspecified atom stereocenters. The van der Waals surface area contributed by atoms with Gasteiger partial charge < -0.3 is 29.0 Å². The van der Waals surface area contributed by atoms with Crippen molar-refractivity contribution in [2.24, 2.45) is 0 Å². The maximum absolute atomic E-state index is 12.7. The van der Waals surface area contributed by atoms with Gasteiger partial charge in [-0.25, -0.2) is 0 Å². The maximum atomic E-state index is 12.7. The fourth-order valence-corrected chi connectivity index (χ4v) is 3.68. The Morgan fingerprint density at radius 2 is 1.56 bits per heavy atom. The number of methoxy groups -OCH3 is 5. The zero-order valence-electron chi connectivity index (χ0n) is 19.4. The first kappa shape index (κ1) is 23.5. The van der Waals surface area contributed by atoms with Crippen molar-refractivity contribution in [3.8, 4) is 28.7 Å². The Labute approximate surface area is 189 Å². The van der Waals surface area contributed by atoms with E-state index in [2.05, 4.69) is 10.2 Å². The van der Waals surface area contributed by atoms with Crippen LogP contribution in [0.2, 0.25) is 0 Å². The average molecular weight is 445 g/mol. The first-order valence-corrected chi connectivity index (χ1v) is 10.6. The minimum atomic E-state index is -0.0810. The lowest BCUT2D eigenvalue weighted by atomic mass is 10.1. The highest BCUT2D eigenvalue weighted by molar-refractivity contribution is 5.91. The zero-order valence-corrected chi connectivity index (χ0v) is 19.4. The van der Waals surface area contributed by atoms with Gasteiger partial charge in [0.2, 0.25) is 11.7 Å². The third-order valence-electron chi connectivity index (χ3n) is 5.50. The van der Waals surface area contributed by atoms with Crippen LogP contribution in [0.5, 0.6) is 28.7 Å². The largest absolute Gasteiger partial charge is 0.497 e. The second-order valence-corrected chi connectivity index (χ2v) is 7.59. The molecule has 0 atom stereocenters. The summed E-state index contributed by atoms with van der Waals surface area (Å²) in [6.07, 6.45) is 2.64. The molecule has 1 saturated carbocycles. The van der Waals surface area contributed by atoms with Gasteiger partial charge in [0.25, 0.3) is 0 Å². The molecule has 1 fully saturated rings. The number of carbonyl (C=O) groups is 1. The van der Waals surface area contributed by atoms with Crippen molar-refractivity contribution >= 4 is 11.6 Å². The van der Waals surface area contributed by atoms with Crippen molar-refractivity contribution in [3.63, 3.8) is 0 Å². The van der Waals surface area contributed by atoms with Gasteiger partial charge in [-0.3, -0.25) is 9.69 Å². The van der Waals surface area contributed by atoms with E-state index in [4.69, 9.17) is 23.7 Å². The first-order valence-electron chi connectivity index (χ1n) is 10.6. The van der Waals surface area contributed by atoms with E-state index in [1.807, 2.05) is 18.2 Å². The number of carbonyl (C=O) groups excluding carboxylic acids is 1. The highest BCUT2D eigenvalue weighted by Crippen LogP contribution is 2.40. The molecular formula is C24H32N2O6. The Hall–Kier alpha value is -3.13. The molecule has 32 heavy (non-hydrogen) atoms. The van der Waals surface area contributed by atoms with E-state index in [-0.39, 0.29) is 5.91 Å². The maximum Gasteiger partial charge on any atom is 0.225 e. The number of hydrogen-bond donors (Lipinski definition) is 1. The van der Waals surface area contributed by atoms with Gasteiger partial charge in [-0.05, 0) is 31.0 Å². The summed E-state index contributed by atoms with van der Waals surface area (Å²) in [5.41, 5.74) is 1.64. The van der Waals surface area contributed by atoms with Crippen LogP contribution in [-0.2, 0) is 11.3 Å². The molecule has 2 aromatic carbocycles. The zero-order chi connectivity index (χ0) is 23.1. The number of benzene rings is 2. The fraction of sp³-hybridized carbons (Fsp3) is 0.458. The van der Waals surface area contributed by atoms with Crippen molar-refractivity contribution in [2.75, 3.05) is 47.4 Å². The Morgan fingerprint density at radius 1 is 0.906 bits per heavy atom. The molecule has 8 nitrogen and oxygen atoms in total. The summed E-state index contributed by atoms with van der Waals surface area (Å²) in [6.45, 7) is 1.34. The van der Waals surface area contributed by atoms with Crippen LogP contribution in [-0.4, -0.2) is 58.9 Å². The highest BCUT2D eigenvalue weighted by atomic mass is 16.5. The predicted octanol–water partition coefficient (Wildman–Crippen LogP) is 3.72. The van der Waals surface area contributed by atoms with Crippen molar-refractivity contribution < 1.29 is 28.5 Å². The molecule has 0 saturated heterocycles. The summed E-state index contributed by atoms with van der Waals surface area (Å²) < 4.78 is 26.9. The van der Waals surface area contributed by atoms with Crippen molar-refractivity contribution in [2.45, 2.75) is 31.8 Å². The van der Waals surface area contributed by atoms with E-state index in [0.29, 0.717) is 48.5 Å². The summed E-state index contributed by atoms with van der Waals surface area (Å²) in [4.78, 5) is 15.0. The summed E-state index contributed by atoms with van der Waals surface area (Å²) in [5, 5.41) is 2.94. The molecule has 1 aliphatic rings. The van der Waals surface area contributed by atoms with E-state index in [9.17, 15) is 4.79 Å². The minimum absolute atomic E-state index is 0.0810. The molecule has 2 aromatic rings.